The average Bonchev–Trinajstić information content (AvgIpc) is 3.30. The van der Waals surface area contributed by atoms with Gasteiger partial charge in [0.25, 0.3) is 0 Å². The molecule has 6 heteroatoms. The second-order valence-corrected chi connectivity index (χ2v) is 8.43. The van der Waals surface area contributed by atoms with Crippen LogP contribution in [0.15, 0.2) is 72.8 Å². The standard InChI is InChI=1S/C24H19Cl2N3O/c25-18-8-10-20(11-9-18)28-15-17(13-23(28)30)24-27-21-6-1-2-7-22(21)29(24)14-16-4-3-5-19(26)12-16/h1-12,17H,13-15H2. The number of aromatic nitrogens is 2. The number of carbonyl (C=O) groups excluding carboxylic acids is 1. The van der Waals surface area contributed by atoms with Gasteiger partial charge in [-0.3, -0.25) is 4.79 Å². The van der Waals surface area contributed by atoms with Crippen LogP contribution in [-0.4, -0.2) is 22.0 Å². The van der Waals surface area contributed by atoms with Gasteiger partial charge in [-0.15, -0.1) is 0 Å². The molecule has 3 aromatic carbocycles. The zero-order chi connectivity index (χ0) is 20.7. The number of amides is 1. The molecule has 1 aliphatic rings. The molecule has 1 aliphatic heterocycles. The summed E-state index contributed by atoms with van der Waals surface area (Å²) in [5.74, 6) is 1.05. The fourth-order valence-electron chi connectivity index (χ4n) is 4.14. The summed E-state index contributed by atoms with van der Waals surface area (Å²) in [4.78, 5) is 19.6. The number of rotatable bonds is 4. The maximum absolute atomic E-state index is 12.8. The Bertz CT molecular complexity index is 1230. The van der Waals surface area contributed by atoms with Crippen molar-refractivity contribution in [2.75, 3.05) is 11.4 Å². The fraction of sp³-hybridized carbons (Fsp3) is 0.167. The molecule has 1 aromatic heterocycles. The zero-order valence-corrected chi connectivity index (χ0v) is 17.6. The van der Waals surface area contributed by atoms with E-state index in [1.807, 2.05) is 65.6 Å². The van der Waals surface area contributed by atoms with E-state index in [1.54, 1.807) is 0 Å². The number of imidazole rings is 1. The quantitative estimate of drug-likeness (QED) is 0.399. The Labute approximate surface area is 184 Å². The van der Waals surface area contributed by atoms with Crippen LogP contribution in [0.3, 0.4) is 0 Å². The molecule has 0 saturated carbocycles. The maximum atomic E-state index is 12.8. The molecule has 2 heterocycles. The SMILES string of the molecule is O=C1CC(c2nc3ccccc3n2Cc2cccc(Cl)c2)CN1c1ccc(Cl)cc1. The van der Waals surface area contributed by atoms with E-state index in [0.717, 1.165) is 28.1 Å². The predicted octanol–water partition coefficient (Wildman–Crippen LogP) is 5.91. The Kier molecular flexibility index (Phi) is 4.97. The largest absolute Gasteiger partial charge is 0.323 e. The molecular formula is C24H19Cl2N3O. The molecule has 1 saturated heterocycles. The lowest BCUT2D eigenvalue weighted by molar-refractivity contribution is -0.117. The first-order chi connectivity index (χ1) is 14.6. The van der Waals surface area contributed by atoms with Crippen molar-refractivity contribution in [3.05, 3.63) is 94.2 Å². The van der Waals surface area contributed by atoms with E-state index in [9.17, 15) is 4.79 Å². The van der Waals surface area contributed by atoms with Crippen LogP contribution in [0.25, 0.3) is 11.0 Å². The summed E-state index contributed by atoms with van der Waals surface area (Å²) < 4.78 is 2.21. The average molecular weight is 436 g/mol. The van der Waals surface area contributed by atoms with E-state index in [-0.39, 0.29) is 11.8 Å². The van der Waals surface area contributed by atoms with Gasteiger partial charge in [-0.25, -0.2) is 4.98 Å². The smallest absolute Gasteiger partial charge is 0.227 e. The molecular weight excluding hydrogens is 417 g/mol. The molecule has 0 N–H and O–H groups in total. The Morgan fingerprint density at radius 1 is 0.933 bits per heavy atom. The molecule has 0 radical (unpaired) electrons. The molecule has 30 heavy (non-hydrogen) atoms. The van der Waals surface area contributed by atoms with Crippen LogP contribution >= 0.6 is 23.2 Å². The van der Waals surface area contributed by atoms with E-state index < -0.39 is 0 Å². The molecule has 5 rings (SSSR count). The van der Waals surface area contributed by atoms with Gasteiger partial charge in [0.1, 0.15) is 5.82 Å². The lowest BCUT2D eigenvalue weighted by atomic mass is 10.1. The van der Waals surface area contributed by atoms with Crippen LogP contribution in [0.1, 0.15) is 23.7 Å². The topological polar surface area (TPSA) is 38.1 Å². The first kappa shape index (κ1) is 19.2. The normalized spacial score (nSPS) is 16.5. The first-order valence-corrected chi connectivity index (χ1v) is 10.6. The monoisotopic (exact) mass is 435 g/mol. The number of anilines is 1. The third-order valence-electron chi connectivity index (χ3n) is 5.54. The number of fused-ring (bicyclic) bond motifs is 1. The van der Waals surface area contributed by atoms with Gasteiger partial charge in [0.2, 0.25) is 5.91 Å². The molecule has 1 unspecified atom stereocenters. The molecule has 150 valence electrons. The molecule has 0 bridgehead atoms. The molecule has 0 aliphatic carbocycles. The Morgan fingerprint density at radius 2 is 1.73 bits per heavy atom. The Hall–Kier alpha value is -2.82. The van der Waals surface area contributed by atoms with Crippen LogP contribution in [0.2, 0.25) is 10.0 Å². The second-order valence-electron chi connectivity index (χ2n) is 7.56. The summed E-state index contributed by atoms with van der Waals surface area (Å²) >= 11 is 12.2. The lowest BCUT2D eigenvalue weighted by Gasteiger charge is -2.17. The summed E-state index contributed by atoms with van der Waals surface area (Å²) in [6, 6.07) is 23.3. The number of hydrogen-bond acceptors (Lipinski definition) is 2. The van der Waals surface area contributed by atoms with Crippen molar-refractivity contribution < 1.29 is 4.79 Å². The van der Waals surface area contributed by atoms with Crippen molar-refractivity contribution in [3.8, 4) is 0 Å². The second kappa shape index (κ2) is 7.78. The van der Waals surface area contributed by atoms with Crippen LogP contribution in [0, 0.1) is 0 Å². The highest BCUT2D eigenvalue weighted by Crippen LogP contribution is 2.34. The third-order valence-corrected chi connectivity index (χ3v) is 6.03. The van der Waals surface area contributed by atoms with E-state index in [4.69, 9.17) is 28.2 Å². The first-order valence-electron chi connectivity index (χ1n) is 9.84. The number of benzene rings is 3. The van der Waals surface area contributed by atoms with Gasteiger partial charge in [-0.2, -0.15) is 0 Å². The van der Waals surface area contributed by atoms with Gasteiger partial charge < -0.3 is 9.47 Å². The highest BCUT2D eigenvalue weighted by Gasteiger charge is 2.34. The minimum atomic E-state index is 0.0137. The van der Waals surface area contributed by atoms with Gasteiger partial charge in [0.15, 0.2) is 0 Å². The number of hydrogen-bond donors (Lipinski definition) is 0. The molecule has 1 fully saturated rings. The number of halogens is 2. The van der Waals surface area contributed by atoms with E-state index in [0.29, 0.717) is 29.6 Å². The van der Waals surface area contributed by atoms with Crippen molar-refractivity contribution >= 4 is 45.8 Å². The summed E-state index contributed by atoms with van der Waals surface area (Å²) in [7, 11) is 0. The molecule has 1 amide bonds. The minimum absolute atomic E-state index is 0.0137. The van der Waals surface area contributed by atoms with Crippen LogP contribution in [0.5, 0.6) is 0 Å². The summed E-state index contributed by atoms with van der Waals surface area (Å²) in [5.41, 5.74) is 3.96. The number of carbonyl (C=O) groups is 1. The number of nitrogens with zero attached hydrogens (tertiary/aromatic N) is 3. The fourth-order valence-corrected chi connectivity index (χ4v) is 4.48. The highest BCUT2D eigenvalue weighted by molar-refractivity contribution is 6.30. The summed E-state index contributed by atoms with van der Waals surface area (Å²) in [5, 5.41) is 1.37. The van der Waals surface area contributed by atoms with E-state index >= 15 is 0 Å². The van der Waals surface area contributed by atoms with Crippen LogP contribution in [-0.2, 0) is 11.3 Å². The van der Waals surface area contributed by atoms with Crippen LogP contribution in [0.4, 0.5) is 5.69 Å². The van der Waals surface area contributed by atoms with Crippen molar-refractivity contribution in [2.24, 2.45) is 0 Å². The predicted molar refractivity (Wildman–Crippen MR) is 121 cm³/mol. The summed E-state index contributed by atoms with van der Waals surface area (Å²) in [6.07, 6.45) is 0.432. The van der Waals surface area contributed by atoms with Gasteiger partial charge in [0, 0.05) is 41.2 Å². The van der Waals surface area contributed by atoms with Crippen molar-refractivity contribution in [3.63, 3.8) is 0 Å². The third kappa shape index (κ3) is 3.57. The van der Waals surface area contributed by atoms with E-state index in [2.05, 4.69) is 16.7 Å². The number of para-hydroxylation sites is 2. The van der Waals surface area contributed by atoms with Crippen LogP contribution < -0.4 is 4.90 Å². The lowest BCUT2D eigenvalue weighted by Crippen LogP contribution is -2.24. The van der Waals surface area contributed by atoms with E-state index in [1.165, 1.54) is 0 Å². The van der Waals surface area contributed by atoms with Gasteiger partial charge in [-0.1, -0.05) is 47.5 Å². The van der Waals surface area contributed by atoms with Crippen molar-refractivity contribution in [1.82, 2.24) is 9.55 Å². The summed E-state index contributed by atoms with van der Waals surface area (Å²) in [6.45, 7) is 1.25. The molecule has 4 aromatic rings. The molecule has 4 nitrogen and oxygen atoms in total. The Balaban J connectivity index is 1.52. The maximum Gasteiger partial charge on any atom is 0.227 e. The van der Waals surface area contributed by atoms with Gasteiger partial charge in [-0.05, 0) is 54.1 Å². The highest BCUT2D eigenvalue weighted by atomic mass is 35.5. The van der Waals surface area contributed by atoms with Crippen molar-refractivity contribution in [1.29, 1.82) is 0 Å². The zero-order valence-electron chi connectivity index (χ0n) is 16.1. The minimum Gasteiger partial charge on any atom is -0.323 e. The van der Waals surface area contributed by atoms with Gasteiger partial charge >= 0.3 is 0 Å². The Morgan fingerprint density at radius 3 is 2.53 bits per heavy atom. The molecule has 0 spiro atoms. The van der Waals surface area contributed by atoms with Gasteiger partial charge in [0.05, 0.1) is 11.0 Å². The van der Waals surface area contributed by atoms with Crippen molar-refractivity contribution in [2.45, 2.75) is 18.9 Å². The molecule has 1 atom stereocenters.